The molecule has 15 nitrogen and oxygen atoms in total. The summed E-state index contributed by atoms with van der Waals surface area (Å²) < 4.78 is 11.6. The van der Waals surface area contributed by atoms with Gasteiger partial charge in [-0.1, -0.05) is 80.4 Å². The van der Waals surface area contributed by atoms with Crippen molar-refractivity contribution < 1.29 is 43.0 Å². The fourth-order valence-electron chi connectivity index (χ4n) is 5.93. The molecule has 5 atom stereocenters. The lowest BCUT2D eigenvalue weighted by molar-refractivity contribution is -0.143. The number of unbranched alkanes of at least 4 members (excludes halogenated alkanes) is 1. The van der Waals surface area contributed by atoms with Gasteiger partial charge in [-0.2, -0.15) is 0 Å². The molecular formula is C39H54N6O9. The number of rotatable bonds is 16. The first-order valence-electron chi connectivity index (χ1n) is 18.1. The second kappa shape index (κ2) is 19.1. The van der Waals surface area contributed by atoms with Gasteiger partial charge in [-0.15, -0.1) is 0 Å². The molecule has 0 aromatic heterocycles. The quantitative estimate of drug-likeness (QED) is 0.159. The third-order valence-corrected chi connectivity index (χ3v) is 8.24. The van der Waals surface area contributed by atoms with Gasteiger partial charge in [0.1, 0.15) is 23.7 Å². The summed E-state index contributed by atoms with van der Waals surface area (Å²) >= 11 is 0. The Kier molecular flexibility index (Phi) is 15.3. The van der Waals surface area contributed by atoms with E-state index in [1.807, 2.05) is 27.7 Å². The van der Waals surface area contributed by atoms with Crippen LogP contribution in [0.2, 0.25) is 0 Å². The zero-order chi connectivity index (χ0) is 40.2. The minimum absolute atomic E-state index is 0.00592. The van der Waals surface area contributed by atoms with Crippen molar-refractivity contribution in [2.24, 2.45) is 5.73 Å². The third kappa shape index (κ3) is 13.3. The van der Waals surface area contributed by atoms with E-state index >= 15 is 0 Å². The van der Waals surface area contributed by atoms with Crippen molar-refractivity contribution in [3.8, 4) is 0 Å². The van der Waals surface area contributed by atoms with Crippen LogP contribution < -0.4 is 27.0 Å². The topological polar surface area (TPSA) is 215 Å². The number of likely N-dealkylation sites (tertiary alicyclic amines) is 1. The number of benzene rings is 2. The highest BCUT2D eigenvalue weighted by Crippen LogP contribution is 2.29. The summed E-state index contributed by atoms with van der Waals surface area (Å²) in [4.78, 5) is 93.9. The number of nitrogens with two attached hydrogens (primary N) is 1. The fourth-order valence-corrected chi connectivity index (χ4v) is 5.93. The van der Waals surface area contributed by atoms with Crippen molar-refractivity contribution in [3.05, 3.63) is 71.8 Å². The molecule has 294 valence electrons. The molecule has 6 amide bonds. The zero-order valence-electron chi connectivity index (χ0n) is 32.1. The van der Waals surface area contributed by atoms with Crippen LogP contribution in [0.3, 0.4) is 0 Å². The minimum atomic E-state index is -1.28. The number of amides is 6. The molecule has 1 aliphatic rings. The maximum Gasteiger partial charge on any atom is 0.408 e. The standard InChI is InChI=1S/C39H54N6O9/c1-8-9-20-27(32(47)35(50)41-22-29(46)43-30(33(40)48)24-16-12-10-13-17-24)42-34(49)28-21-26(53-38(2,3)4)23-45(28)36(51)31(25-18-14-11-15-19-25)44-37(52)54-39(5,6)7/h10-19,26-28,30-31H,8-9,20-23H2,1-7H3,(H2,40,48)(H,41,50)(H,42,49)(H,43,46)(H,44,52)/t26-,27?,28+,30?,31+/m1/s1. The van der Waals surface area contributed by atoms with Crippen molar-refractivity contribution in [1.29, 1.82) is 0 Å². The van der Waals surface area contributed by atoms with Gasteiger partial charge >= 0.3 is 6.09 Å². The molecule has 6 N–H and O–H groups in total. The molecule has 2 unspecified atom stereocenters. The highest BCUT2D eigenvalue weighted by atomic mass is 16.6. The normalized spacial score (nSPS) is 17.4. The lowest BCUT2D eigenvalue weighted by atomic mass is 10.0. The highest BCUT2D eigenvalue weighted by molar-refractivity contribution is 6.38. The summed E-state index contributed by atoms with van der Waals surface area (Å²) in [5, 5.41) is 10.0. The largest absolute Gasteiger partial charge is 0.444 e. The van der Waals surface area contributed by atoms with E-state index in [0.29, 0.717) is 24.0 Å². The maximum absolute atomic E-state index is 14.4. The summed E-state index contributed by atoms with van der Waals surface area (Å²) in [5.41, 5.74) is 4.89. The third-order valence-electron chi connectivity index (χ3n) is 8.24. The minimum Gasteiger partial charge on any atom is -0.444 e. The Bertz CT molecular complexity index is 1640. The number of alkyl carbamates (subject to hydrolysis) is 1. The summed E-state index contributed by atoms with van der Waals surface area (Å²) in [6, 6.07) is 12.0. The molecule has 0 spiro atoms. The predicted octanol–water partition coefficient (Wildman–Crippen LogP) is 2.74. The molecular weight excluding hydrogens is 696 g/mol. The number of carbonyl (C=O) groups is 7. The van der Waals surface area contributed by atoms with Crippen LogP contribution in [0.5, 0.6) is 0 Å². The molecule has 1 aliphatic heterocycles. The number of hydrogen-bond donors (Lipinski definition) is 5. The molecule has 2 aromatic carbocycles. The highest BCUT2D eigenvalue weighted by Gasteiger charge is 2.45. The first-order valence-corrected chi connectivity index (χ1v) is 18.1. The van der Waals surface area contributed by atoms with E-state index in [-0.39, 0.29) is 19.4 Å². The Morgan fingerprint density at radius 3 is 1.91 bits per heavy atom. The number of primary amides is 1. The molecule has 54 heavy (non-hydrogen) atoms. The smallest absolute Gasteiger partial charge is 0.408 e. The van der Waals surface area contributed by atoms with Crippen LogP contribution in [0.15, 0.2) is 60.7 Å². The Morgan fingerprint density at radius 1 is 0.815 bits per heavy atom. The molecule has 3 rings (SSSR count). The molecule has 0 bridgehead atoms. The van der Waals surface area contributed by atoms with Gasteiger partial charge in [0.25, 0.3) is 11.8 Å². The zero-order valence-corrected chi connectivity index (χ0v) is 32.1. The Hall–Kier alpha value is -5.31. The lowest BCUT2D eigenvalue weighted by Crippen LogP contribution is -2.55. The predicted molar refractivity (Wildman–Crippen MR) is 199 cm³/mol. The molecule has 0 aliphatic carbocycles. The van der Waals surface area contributed by atoms with E-state index < -0.39 is 89.4 Å². The number of nitrogens with one attached hydrogen (secondary N) is 4. The maximum atomic E-state index is 14.4. The van der Waals surface area contributed by atoms with Gasteiger partial charge in [-0.25, -0.2) is 4.79 Å². The van der Waals surface area contributed by atoms with Gasteiger partial charge in [0.2, 0.25) is 23.5 Å². The fraction of sp³-hybridized carbons (Fsp3) is 0.513. The average molecular weight is 751 g/mol. The second-order valence-corrected chi connectivity index (χ2v) is 15.1. The van der Waals surface area contributed by atoms with Crippen LogP contribution in [-0.2, 0) is 38.2 Å². The first-order chi connectivity index (χ1) is 25.3. The molecule has 1 fully saturated rings. The van der Waals surface area contributed by atoms with Gasteiger partial charge in [0.15, 0.2) is 0 Å². The number of ether oxygens (including phenoxy) is 2. The van der Waals surface area contributed by atoms with Crippen molar-refractivity contribution in [2.45, 2.75) is 116 Å². The van der Waals surface area contributed by atoms with E-state index in [1.165, 1.54) is 4.90 Å². The van der Waals surface area contributed by atoms with Crippen LogP contribution in [0, 0.1) is 0 Å². The van der Waals surface area contributed by atoms with Crippen LogP contribution in [-0.4, -0.2) is 88.8 Å². The van der Waals surface area contributed by atoms with Crippen LogP contribution in [0.1, 0.15) is 97.4 Å². The summed E-state index contributed by atoms with van der Waals surface area (Å²) in [6.45, 7) is 11.9. The molecule has 0 saturated carbocycles. The number of hydrogen-bond acceptors (Lipinski definition) is 9. The summed E-state index contributed by atoms with van der Waals surface area (Å²) in [5.74, 6) is -5.00. The van der Waals surface area contributed by atoms with Crippen LogP contribution in [0.4, 0.5) is 4.79 Å². The number of ketones is 1. The van der Waals surface area contributed by atoms with Gasteiger partial charge in [0, 0.05) is 13.0 Å². The van der Waals surface area contributed by atoms with E-state index in [9.17, 15) is 33.6 Å². The van der Waals surface area contributed by atoms with Crippen molar-refractivity contribution in [1.82, 2.24) is 26.2 Å². The lowest BCUT2D eigenvalue weighted by Gasteiger charge is -2.30. The van der Waals surface area contributed by atoms with E-state index in [4.69, 9.17) is 15.2 Å². The van der Waals surface area contributed by atoms with Crippen molar-refractivity contribution in [2.75, 3.05) is 13.1 Å². The number of Topliss-reactive ketones (excluding diaryl/α,β-unsaturated/α-hetero) is 1. The monoisotopic (exact) mass is 750 g/mol. The van der Waals surface area contributed by atoms with Crippen LogP contribution >= 0.6 is 0 Å². The Balaban J connectivity index is 1.81. The second-order valence-electron chi connectivity index (χ2n) is 15.1. The van der Waals surface area contributed by atoms with Gasteiger partial charge in [-0.3, -0.25) is 28.8 Å². The van der Waals surface area contributed by atoms with Gasteiger partial charge < -0.3 is 41.4 Å². The van der Waals surface area contributed by atoms with Crippen molar-refractivity contribution >= 4 is 41.4 Å². The molecule has 15 heteroatoms. The van der Waals surface area contributed by atoms with E-state index in [1.54, 1.807) is 81.4 Å². The van der Waals surface area contributed by atoms with Gasteiger partial charge in [-0.05, 0) is 59.1 Å². The first kappa shape index (κ1) is 43.1. The molecule has 1 saturated heterocycles. The molecule has 1 heterocycles. The number of nitrogens with zero attached hydrogens (tertiary/aromatic N) is 1. The molecule has 0 radical (unpaired) electrons. The Labute approximate surface area is 316 Å². The van der Waals surface area contributed by atoms with E-state index in [0.717, 1.165) is 0 Å². The summed E-state index contributed by atoms with van der Waals surface area (Å²) in [6.07, 6.45) is -0.111. The Morgan fingerprint density at radius 2 is 1.39 bits per heavy atom. The number of carbonyl (C=O) groups excluding carboxylic acids is 7. The molecule has 2 aromatic rings. The average Bonchev–Trinajstić information content (AvgIpc) is 3.52. The van der Waals surface area contributed by atoms with E-state index in [2.05, 4.69) is 21.3 Å². The van der Waals surface area contributed by atoms with Gasteiger partial charge in [0.05, 0.1) is 24.3 Å². The van der Waals surface area contributed by atoms with Crippen molar-refractivity contribution in [3.63, 3.8) is 0 Å². The summed E-state index contributed by atoms with van der Waals surface area (Å²) in [7, 11) is 0. The van der Waals surface area contributed by atoms with Crippen LogP contribution in [0.25, 0.3) is 0 Å². The SMILES string of the molecule is CCCCC(NC(=O)[C@@H]1C[C@@H](OC(C)(C)C)CN1C(=O)[C@@H](NC(=O)OC(C)(C)C)c1ccccc1)C(=O)C(=O)NCC(=O)NC(C(N)=O)c1ccccc1.